The molecule has 0 saturated carbocycles. The molecule has 0 aromatic heterocycles. The molecule has 0 aromatic rings. The third-order valence-electron chi connectivity index (χ3n) is 0.718. The van der Waals surface area contributed by atoms with Gasteiger partial charge >= 0.3 is 11.9 Å². The average Bonchev–Trinajstić information content (AvgIpc) is 1.85. The lowest BCUT2D eigenvalue weighted by Gasteiger charge is -2.11. The summed E-state index contributed by atoms with van der Waals surface area (Å²) in [5, 5.41) is 7.97. The normalized spacial score (nSPS) is 11.2. The summed E-state index contributed by atoms with van der Waals surface area (Å²) < 4.78 is 27.9. The van der Waals surface area contributed by atoms with E-state index in [2.05, 4.69) is 4.74 Å². The van der Waals surface area contributed by atoms with Gasteiger partial charge in [0.1, 0.15) is 6.61 Å². The summed E-state index contributed by atoms with van der Waals surface area (Å²) in [6.07, 6.45) is 0. The number of ether oxygens (including phenoxy) is 1. The summed E-state index contributed by atoms with van der Waals surface area (Å²) in [5.41, 5.74) is 0. The van der Waals surface area contributed by atoms with E-state index in [0.29, 0.717) is 0 Å². The molecule has 3 nitrogen and oxygen atoms in total. The zero-order chi connectivity index (χ0) is 8.20. The Bertz CT molecular complexity index is 124. The molecule has 0 aliphatic heterocycles. The van der Waals surface area contributed by atoms with Crippen LogP contribution in [0.3, 0.4) is 0 Å². The van der Waals surface area contributed by atoms with Crippen molar-refractivity contribution >= 4 is 5.97 Å². The lowest BCUT2D eigenvalue weighted by molar-refractivity contribution is -0.156. The first kappa shape index (κ1) is 9.29. The molecule has 0 heterocycles. The van der Waals surface area contributed by atoms with Crippen molar-refractivity contribution in [2.75, 3.05) is 13.2 Å². The summed E-state index contributed by atoms with van der Waals surface area (Å²) in [7, 11) is 0. The quantitative estimate of drug-likeness (QED) is 0.589. The monoisotopic (exact) mass is 154 g/mol. The van der Waals surface area contributed by atoms with Gasteiger partial charge in [0.2, 0.25) is 0 Å². The van der Waals surface area contributed by atoms with Crippen LogP contribution in [-0.4, -0.2) is 30.2 Å². The third kappa shape index (κ3) is 4.20. The molecule has 0 rings (SSSR count). The van der Waals surface area contributed by atoms with E-state index in [9.17, 15) is 13.6 Å². The second-order valence-corrected chi connectivity index (χ2v) is 1.79. The standard InChI is InChI=1S/C5H8F2O3/c1-4(9)10-3-5(6,7)2-8/h8H,2-3H2,1H3. The number of aliphatic hydroxyl groups is 1. The zero-order valence-electron chi connectivity index (χ0n) is 5.43. The Morgan fingerprint density at radius 1 is 1.70 bits per heavy atom. The second kappa shape index (κ2) is 3.46. The van der Waals surface area contributed by atoms with Gasteiger partial charge in [-0.15, -0.1) is 0 Å². The Labute approximate surface area is 56.6 Å². The number of carbonyl (C=O) groups excluding carboxylic acids is 1. The molecule has 0 unspecified atom stereocenters. The van der Waals surface area contributed by atoms with Crippen molar-refractivity contribution in [3.8, 4) is 0 Å². The number of halogens is 2. The average molecular weight is 154 g/mol. The van der Waals surface area contributed by atoms with E-state index in [1.165, 1.54) is 0 Å². The highest BCUT2D eigenvalue weighted by Crippen LogP contribution is 2.11. The molecule has 0 aliphatic carbocycles. The van der Waals surface area contributed by atoms with Gasteiger partial charge in [0.05, 0.1) is 0 Å². The van der Waals surface area contributed by atoms with Crippen LogP contribution in [0.4, 0.5) is 8.78 Å². The maximum atomic E-state index is 12.0. The number of hydrogen-bond donors (Lipinski definition) is 1. The topological polar surface area (TPSA) is 46.5 Å². The van der Waals surface area contributed by atoms with E-state index in [1.54, 1.807) is 0 Å². The largest absolute Gasteiger partial charge is 0.459 e. The molecule has 0 bridgehead atoms. The molecule has 0 aromatic carbocycles. The fourth-order valence-corrected chi connectivity index (χ4v) is 0.253. The summed E-state index contributed by atoms with van der Waals surface area (Å²) in [6.45, 7) is -1.34. The van der Waals surface area contributed by atoms with Gasteiger partial charge in [0.25, 0.3) is 0 Å². The van der Waals surface area contributed by atoms with Gasteiger partial charge in [0.15, 0.2) is 6.61 Å². The van der Waals surface area contributed by atoms with Crippen LogP contribution < -0.4 is 0 Å². The van der Waals surface area contributed by atoms with Gasteiger partial charge in [-0.1, -0.05) is 0 Å². The van der Waals surface area contributed by atoms with Crippen molar-refractivity contribution in [2.24, 2.45) is 0 Å². The predicted molar refractivity (Wildman–Crippen MR) is 28.7 cm³/mol. The summed E-state index contributed by atoms with van der Waals surface area (Å²) in [5.74, 6) is -4.10. The Morgan fingerprint density at radius 3 is 2.50 bits per heavy atom. The highest BCUT2D eigenvalue weighted by molar-refractivity contribution is 5.65. The van der Waals surface area contributed by atoms with E-state index < -0.39 is 25.1 Å². The molecule has 1 N–H and O–H groups in total. The molecule has 0 radical (unpaired) electrons. The van der Waals surface area contributed by atoms with Gasteiger partial charge in [-0.2, -0.15) is 0 Å². The highest BCUT2D eigenvalue weighted by atomic mass is 19.3. The minimum Gasteiger partial charge on any atom is -0.459 e. The third-order valence-corrected chi connectivity index (χ3v) is 0.718. The van der Waals surface area contributed by atoms with Crippen molar-refractivity contribution in [2.45, 2.75) is 12.8 Å². The maximum Gasteiger partial charge on any atom is 0.303 e. The highest BCUT2D eigenvalue weighted by Gasteiger charge is 2.29. The maximum absolute atomic E-state index is 12.0. The first-order valence-electron chi connectivity index (χ1n) is 2.60. The Kier molecular flexibility index (Phi) is 3.21. The summed E-state index contributed by atoms with van der Waals surface area (Å²) in [6, 6.07) is 0. The fourth-order valence-electron chi connectivity index (χ4n) is 0.253. The van der Waals surface area contributed by atoms with Crippen LogP contribution in [0.5, 0.6) is 0 Å². The molecule has 0 amide bonds. The van der Waals surface area contributed by atoms with Crippen molar-refractivity contribution in [3.63, 3.8) is 0 Å². The molecule has 10 heavy (non-hydrogen) atoms. The molecule has 0 fully saturated rings. The molecule has 0 spiro atoms. The van der Waals surface area contributed by atoms with E-state index in [0.717, 1.165) is 6.92 Å². The van der Waals surface area contributed by atoms with Crippen LogP contribution in [-0.2, 0) is 9.53 Å². The van der Waals surface area contributed by atoms with Gasteiger partial charge in [0, 0.05) is 6.92 Å². The lowest BCUT2D eigenvalue weighted by Crippen LogP contribution is -2.28. The number of rotatable bonds is 3. The van der Waals surface area contributed by atoms with Crippen molar-refractivity contribution in [3.05, 3.63) is 0 Å². The minimum atomic E-state index is -3.31. The first-order valence-corrected chi connectivity index (χ1v) is 2.60. The van der Waals surface area contributed by atoms with Crippen LogP contribution in [0.2, 0.25) is 0 Å². The molecule has 0 saturated heterocycles. The number of aliphatic hydroxyl groups excluding tert-OH is 1. The molecule has 0 atom stereocenters. The lowest BCUT2D eigenvalue weighted by atomic mass is 10.4. The fraction of sp³-hybridized carbons (Fsp3) is 0.800. The number of carbonyl (C=O) groups is 1. The number of alkyl halides is 2. The smallest absolute Gasteiger partial charge is 0.303 e. The van der Waals surface area contributed by atoms with E-state index in [4.69, 9.17) is 5.11 Å². The van der Waals surface area contributed by atoms with Crippen LogP contribution >= 0.6 is 0 Å². The Balaban J connectivity index is 3.56. The Hall–Kier alpha value is -0.710. The molecule has 0 aliphatic rings. The first-order chi connectivity index (χ1) is 4.48. The van der Waals surface area contributed by atoms with Crippen LogP contribution in [0.25, 0.3) is 0 Å². The van der Waals surface area contributed by atoms with Gasteiger partial charge < -0.3 is 9.84 Å². The van der Waals surface area contributed by atoms with E-state index in [1.807, 2.05) is 0 Å². The molecular formula is C5H8F2O3. The SMILES string of the molecule is CC(=O)OCC(F)(F)CO. The van der Waals surface area contributed by atoms with E-state index >= 15 is 0 Å². The van der Waals surface area contributed by atoms with Crippen LogP contribution in [0.15, 0.2) is 0 Å². The predicted octanol–water partition coefficient (Wildman–Crippen LogP) is 0.177. The number of hydrogen-bond acceptors (Lipinski definition) is 3. The number of esters is 1. The van der Waals surface area contributed by atoms with Crippen molar-refractivity contribution < 1.29 is 23.4 Å². The van der Waals surface area contributed by atoms with E-state index in [-0.39, 0.29) is 0 Å². The second-order valence-electron chi connectivity index (χ2n) is 1.79. The molecule has 5 heteroatoms. The van der Waals surface area contributed by atoms with Crippen molar-refractivity contribution in [1.29, 1.82) is 0 Å². The zero-order valence-corrected chi connectivity index (χ0v) is 5.43. The summed E-state index contributed by atoms with van der Waals surface area (Å²) >= 11 is 0. The van der Waals surface area contributed by atoms with Crippen LogP contribution in [0, 0.1) is 0 Å². The Morgan fingerprint density at radius 2 is 2.20 bits per heavy atom. The molecule has 60 valence electrons. The summed E-state index contributed by atoms with van der Waals surface area (Å²) in [4.78, 5) is 9.97. The van der Waals surface area contributed by atoms with Gasteiger partial charge in [-0.05, 0) is 0 Å². The van der Waals surface area contributed by atoms with Gasteiger partial charge in [-0.25, -0.2) is 8.78 Å². The van der Waals surface area contributed by atoms with Crippen molar-refractivity contribution in [1.82, 2.24) is 0 Å². The molecular weight excluding hydrogens is 146 g/mol. The minimum absolute atomic E-state index is 0.784. The van der Waals surface area contributed by atoms with Gasteiger partial charge in [-0.3, -0.25) is 4.79 Å². The van der Waals surface area contributed by atoms with Crippen LogP contribution in [0.1, 0.15) is 6.92 Å².